The van der Waals surface area contributed by atoms with Crippen LogP contribution in [0.15, 0.2) is 12.1 Å². The molecule has 1 rings (SSSR count). The summed E-state index contributed by atoms with van der Waals surface area (Å²) in [5, 5.41) is 14.1. The van der Waals surface area contributed by atoms with Gasteiger partial charge in [-0.25, -0.2) is 9.59 Å². The summed E-state index contributed by atoms with van der Waals surface area (Å²) in [4.78, 5) is 22.6. The molecule has 104 valence electrons. The van der Waals surface area contributed by atoms with E-state index in [2.05, 4.69) is 10.6 Å². The van der Waals surface area contributed by atoms with Crippen molar-refractivity contribution in [3.8, 4) is 0 Å². The number of aromatic carboxylic acids is 1. The van der Waals surface area contributed by atoms with Crippen LogP contribution in [0.2, 0.25) is 10.0 Å². The Morgan fingerprint density at radius 2 is 2.05 bits per heavy atom. The number of urea groups is 1. The van der Waals surface area contributed by atoms with E-state index < -0.39 is 12.0 Å². The van der Waals surface area contributed by atoms with Gasteiger partial charge in [0.25, 0.3) is 0 Å². The molecule has 0 unspecified atom stereocenters. The van der Waals surface area contributed by atoms with Crippen molar-refractivity contribution in [1.29, 1.82) is 0 Å². The average Bonchev–Trinajstić information content (AvgIpc) is 2.32. The molecule has 1 aromatic carbocycles. The summed E-state index contributed by atoms with van der Waals surface area (Å²) in [5.74, 6) is -1.24. The smallest absolute Gasteiger partial charge is 0.337 e. The molecule has 0 aromatic heterocycles. The van der Waals surface area contributed by atoms with Crippen LogP contribution in [0.3, 0.4) is 0 Å². The molecule has 1 aromatic rings. The molecule has 6 nitrogen and oxygen atoms in total. The second kappa shape index (κ2) is 7.18. The van der Waals surface area contributed by atoms with Gasteiger partial charge in [-0.3, -0.25) is 0 Å². The summed E-state index contributed by atoms with van der Waals surface area (Å²) in [6.45, 7) is 0.628. The first-order chi connectivity index (χ1) is 8.95. The molecule has 0 heterocycles. The molecule has 0 fully saturated rings. The molecule has 2 amide bonds. The Kier molecular flexibility index (Phi) is 5.88. The van der Waals surface area contributed by atoms with Gasteiger partial charge in [0.05, 0.1) is 22.9 Å². The molecule has 8 heteroatoms. The number of carboxylic acid groups (broad SMARTS) is 1. The van der Waals surface area contributed by atoms with Gasteiger partial charge >= 0.3 is 12.0 Å². The lowest BCUT2D eigenvalue weighted by Gasteiger charge is -2.11. The van der Waals surface area contributed by atoms with E-state index in [1.165, 1.54) is 19.2 Å². The highest BCUT2D eigenvalue weighted by molar-refractivity contribution is 6.37. The molecular formula is C11H12Cl2N2O4. The number of nitrogens with one attached hydrogen (secondary N) is 2. The van der Waals surface area contributed by atoms with Crippen LogP contribution in [0.1, 0.15) is 10.4 Å². The van der Waals surface area contributed by atoms with Gasteiger partial charge in [0.2, 0.25) is 0 Å². The van der Waals surface area contributed by atoms with Crippen LogP contribution < -0.4 is 10.6 Å². The van der Waals surface area contributed by atoms with Gasteiger partial charge in [-0.2, -0.15) is 0 Å². The zero-order valence-electron chi connectivity index (χ0n) is 10.00. The number of rotatable bonds is 5. The minimum absolute atomic E-state index is 0.00603. The summed E-state index contributed by atoms with van der Waals surface area (Å²) in [7, 11) is 1.50. The fourth-order valence-electron chi connectivity index (χ4n) is 1.29. The van der Waals surface area contributed by atoms with Crippen molar-refractivity contribution in [2.24, 2.45) is 0 Å². The number of anilines is 1. The van der Waals surface area contributed by atoms with Crippen molar-refractivity contribution in [1.82, 2.24) is 5.32 Å². The second-order valence-corrected chi connectivity index (χ2v) is 4.33. The minimum Gasteiger partial charge on any atom is -0.478 e. The van der Waals surface area contributed by atoms with E-state index in [0.29, 0.717) is 6.61 Å². The van der Waals surface area contributed by atoms with Gasteiger partial charge in [0, 0.05) is 18.7 Å². The molecule has 0 spiro atoms. The molecular weight excluding hydrogens is 295 g/mol. The van der Waals surface area contributed by atoms with Crippen LogP contribution in [0, 0.1) is 0 Å². The third-order valence-corrected chi connectivity index (χ3v) is 2.63. The van der Waals surface area contributed by atoms with Crippen LogP contribution >= 0.6 is 23.2 Å². The van der Waals surface area contributed by atoms with Gasteiger partial charge in [-0.15, -0.1) is 0 Å². The van der Waals surface area contributed by atoms with Gasteiger partial charge in [-0.05, 0) is 12.1 Å². The van der Waals surface area contributed by atoms with E-state index in [-0.39, 0.29) is 27.8 Å². The van der Waals surface area contributed by atoms with E-state index in [0.717, 1.165) is 0 Å². The number of benzene rings is 1. The number of ether oxygens (including phenoxy) is 1. The lowest BCUT2D eigenvalue weighted by Crippen LogP contribution is -2.32. The Morgan fingerprint density at radius 1 is 1.37 bits per heavy atom. The summed E-state index contributed by atoms with van der Waals surface area (Å²) in [6, 6.07) is 1.98. The molecule has 0 atom stereocenters. The Morgan fingerprint density at radius 3 is 2.63 bits per heavy atom. The number of hydrogen-bond acceptors (Lipinski definition) is 3. The SMILES string of the molecule is COCCNC(=O)Nc1c(Cl)cc(Cl)cc1C(=O)O. The Balaban J connectivity index is 2.88. The molecule has 0 saturated heterocycles. The second-order valence-electron chi connectivity index (χ2n) is 3.49. The van der Waals surface area contributed by atoms with Gasteiger partial charge in [-0.1, -0.05) is 23.2 Å². The largest absolute Gasteiger partial charge is 0.478 e. The topological polar surface area (TPSA) is 87.7 Å². The van der Waals surface area contributed by atoms with E-state index in [1.807, 2.05) is 0 Å². The van der Waals surface area contributed by atoms with E-state index in [9.17, 15) is 9.59 Å². The Labute approximate surface area is 119 Å². The molecule has 0 saturated carbocycles. The van der Waals surface area contributed by atoms with Crippen molar-refractivity contribution in [2.75, 3.05) is 25.6 Å². The zero-order chi connectivity index (χ0) is 14.4. The average molecular weight is 307 g/mol. The molecule has 0 aliphatic carbocycles. The predicted octanol–water partition coefficient (Wildman–Crippen LogP) is 2.46. The highest BCUT2D eigenvalue weighted by Crippen LogP contribution is 2.30. The molecule has 0 aliphatic rings. The van der Waals surface area contributed by atoms with E-state index in [1.54, 1.807) is 0 Å². The van der Waals surface area contributed by atoms with Crippen LogP contribution in [-0.2, 0) is 4.74 Å². The fraction of sp³-hybridized carbons (Fsp3) is 0.273. The maximum atomic E-state index is 11.5. The van der Waals surface area contributed by atoms with E-state index >= 15 is 0 Å². The highest BCUT2D eigenvalue weighted by Gasteiger charge is 2.17. The lowest BCUT2D eigenvalue weighted by molar-refractivity contribution is 0.0698. The molecule has 0 radical (unpaired) electrons. The minimum atomic E-state index is -1.24. The van der Waals surface area contributed by atoms with Gasteiger partial charge in [0.15, 0.2) is 0 Å². The normalized spacial score (nSPS) is 10.1. The van der Waals surface area contributed by atoms with Crippen LogP contribution in [0.25, 0.3) is 0 Å². The van der Waals surface area contributed by atoms with Crippen molar-refractivity contribution < 1.29 is 19.4 Å². The Hall–Kier alpha value is -1.50. The number of carboxylic acids is 1. The summed E-state index contributed by atoms with van der Waals surface area (Å²) >= 11 is 11.6. The first-order valence-electron chi connectivity index (χ1n) is 5.21. The lowest BCUT2D eigenvalue weighted by atomic mass is 10.2. The number of hydrogen-bond donors (Lipinski definition) is 3. The number of methoxy groups -OCH3 is 1. The molecule has 3 N–H and O–H groups in total. The van der Waals surface area contributed by atoms with Crippen LogP contribution in [0.5, 0.6) is 0 Å². The van der Waals surface area contributed by atoms with Gasteiger partial charge < -0.3 is 20.5 Å². The maximum Gasteiger partial charge on any atom is 0.337 e. The van der Waals surface area contributed by atoms with Crippen molar-refractivity contribution >= 4 is 40.9 Å². The predicted molar refractivity (Wildman–Crippen MR) is 72.3 cm³/mol. The first kappa shape index (κ1) is 15.6. The first-order valence-corrected chi connectivity index (χ1v) is 5.97. The summed E-state index contributed by atoms with van der Waals surface area (Å²) in [6.07, 6.45) is 0. The van der Waals surface area contributed by atoms with Gasteiger partial charge in [0.1, 0.15) is 0 Å². The zero-order valence-corrected chi connectivity index (χ0v) is 11.5. The summed E-state index contributed by atoms with van der Waals surface area (Å²) in [5.41, 5.74) is -0.187. The standard InChI is InChI=1S/C11H12Cl2N2O4/c1-19-3-2-14-11(18)15-9-7(10(16)17)4-6(12)5-8(9)13/h4-5H,2-3H2,1H3,(H,16,17)(H2,14,15,18). The summed E-state index contributed by atoms with van der Waals surface area (Å²) < 4.78 is 4.76. The number of carbonyl (C=O) groups is 2. The van der Waals surface area contributed by atoms with Crippen molar-refractivity contribution in [2.45, 2.75) is 0 Å². The fourth-order valence-corrected chi connectivity index (χ4v) is 1.83. The third-order valence-electron chi connectivity index (χ3n) is 2.12. The number of carbonyl (C=O) groups excluding carboxylic acids is 1. The molecule has 0 aliphatic heterocycles. The molecule has 0 bridgehead atoms. The van der Waals surface area contributed by atoms with Crippen molar-refractivity contribution in [3.05, 3.63) is 27.7 Å². The highest BCUT2D eigenvalue weighted by atomic mass is 35.5. The quantitative estimate of drug-likeness (QED) is 0.729. The number of amides is 2. The van der Waals surface area contributed by atoms with Crippen molar-refractivity contribution in [3.63, 3.8) is 0 Å². The Bertz CT molecular complexity index is 494. The maximum absolute atomic E-state index is 11.5. The van der Waals surface area contributed by atoms with Crippen LogP contribution in [-0.4, -0.2) is 37.4 Å². The molecule has 19 heavy (non-hydrogen) atoms. The van der Waals surface area contributed by atoms with Crippen LogP contribution in [0.4, 0.5) is 10.5 Å². The monoisotopic (exact) mass is 306 g/mol. The third kappa shape index (κ3) is 4.59. The van der Waals surface area contributed by atoms with E-state index in [4.69, 9.17) is 33.0 Å². The number of halogens is 2.